The van der Waals surface area contributed by atoms with Gasteiger partial charge in [-0.2, -0.15) is 0 Å². The molecule has 72 valence electrons. The van der Waals surface area contributed by atoms with E-state index in [4.69, 9.17) is 10.5 Å². The van der Waals surface area contributed by atoms with Gasteiger partial charge in [0.15, 0.2) is 0 Å². The van der Waals surface area contributed by atoms with E-state index in [0.29, 0.717) is 6.54 Å². The Kier molecular flexibility index (Phi) is 3.75. The topological polar surface area (TPSA) is 35.2 Å². The van der Waals surface area contributed by atoms with Gasteiger partial charge in [0.2, 0.25) is 0 Å². The maximum absolute atomic E-state index is 5.51. The lowest BCUT2D eigenvalue weighted by molar-refractivity contribution is 0.414. The largest absolute Gasteiger partial charge is 0.497 e. The molecule has 0 saturated carbocycles. The summed E-state index contributed by atoms with van der Waals surface area (Å²) in [6.07, 6.45) is 0.891. The summed E-state index contributed by atoms with van der Waals surface area (Å²) in [5, 5.41) is 0. The highest BCUT2D eigenvalue weighted by Gasteiger charge is 2.04. The van der Waals surface area contributed by atoms with Gasteiger partial charge in [0.1, 0.15) is 5.75 Å². The van der Waals surface area contributed by atoms with Crippen LogP contribution in [0.25, 0.3) is 0 Å². The summed E-state index contributed by atoms with van der Waals surface area (Å²) in [7, 11) is 1.67. The quantitative estimate of drug-likeness (QED) is 0.885. The molecule has 0 spiro atoms. The van der Waals surface area contributed by atoms with E-state index in [-0.39, 0.29) is 0 Å². The van der Waals surface area contributed by atoms with Crippen molar-refractivity contribution in [3.63, 3.8) is 0 Å². The second-order valence-electron chi connectivity index (χ2n) is 2.93. The number of ether oxygens (including phenoxy) is 1. The summed E-state index contributed by atoms with van der Waals surface area (Å²) in [6, 6.07) is 4.00. The zero-order chi connectivity index (χ0) is 9.84. The molecule has 0 saturated heterocycles. The van der Waals surface area contributed by atoms with E-state index < -0.39 is 0 Å². The van der Waals surface area contributed by atoms with Crippen molar-refractivity contribution in [2.45, 2.75) is 13.3 Å². The highest BCUT2D eigenvalue weighted by atomic mass is 79.9. The van der Waals surface area contributed by atoms with E-state index in [1.807, 2.05) is 12.1 Å². The molecular weight excluding hydrogens is 230 g/mol. The molecule has 0 amide bonds. The number of hydrogen-bond acceptors (Lipinski definition) is 2. The first-order chi connectivity index (χ1) is 6.19. The Bertz CT molecular complexity index is 299. The maximum atomic E-state index is 5.51. The Hall–Kier alpha value is -0.540. The number of nitrogens with two attached hydrogens (primary N) is 1. The second kappa shape index (κ2) is 4.63. The first kappa shape index (κ1) is 10.5. The summed E-state index contributed by atoms with van der Waals surface area (Å²) in [6.45, 7) is 2.75. The Morgan fingerprint density at radius 1 is 1.46 bits per heavy atom. The van der Waals surface area contributed by atoms with Crippen LogP contribution in [0.1, 0.15) is 11.1 Å². The first-order valence-corrected chi connectivity index (χ1v) is 5.01. The van der Waals surface area contributed by atoms with Crippen LogP contribution in [0.15, 0.2) is 16.6 Å². The first-order valence-electron chi connectivity index (χ1n) is 4.22. The molecule has 0 fully saturated rings. The van der Waals surface area contributed by atoms with E-state index in [1.54, 1.807) is 7.11 Å². The Balaban J connectivity index is 3.09. The fraction of sp³-hybridized carbons (Fsp3) is 0.400. The van der Waals surface area contributed by atoms with Gasteiger partial charge in [-0.3, -0.25) is 0 Å². The molecule has 0 atom stereocenters. The van der Waals surface area contributed by atoms with Gasteiger partial charge in [0.25, 0.3) is 0 Å². The van der Waals surface area contributed by atoms with Gasteiger partial charge >= 0.3 is 0 Å². The number of rotatable bonds is 3. The molecule has 2 nitrogen and oxygen atoms in total. The third-order valence-corrected chi connectivity index (χ3v) is 2.90. The summed E-state index contributed by atoms with van der Waals surface area (Å²) in [5.41, 5.74) is 8.00. The Morgan fingerprint density at radius 3 is 2.69 bits per heavy atom. The smallest absolute Gasteiger partial charge is 0.120 e. The number of methoxy groups -OCH3 is 1. The van der Waals surface area contributed by atoms with Gasteiger partial charge in [-0.1, -0.05) is 15.9 Å². The predicted octanol–water partition coefficient (Wildman–Crippen LogP) is 2.27. The minimum atomic E-state index is 0.667. The molecule has 0 aliphatic heterocycles. The zero-order valence-electron chi connectivity index (χ0n) is 7.93. The molecule has 0 unspecified atom stereocenters. The molecule has 0 aliphatic rings. The van der Waals surface area contributed by atoms with Gasteiger partial charge in [-0.15, -0.1) is 0 Å². The molecule has 0 bridgehead atoms. The standard InChI is InChI=1S/C10H14BrNO/c1-7-8(3-4-12)5-9(13-2)6-10(7)11/h5-6H,3-4,12H2,1-2H3. The maximum Gasteiger partial charge on any atom is 0.120 e. The van der Waals surface area contributed by atoms with E-state index >= 15 is 0 Å². The van der Waals surface area contributed by atoms with Crippen LogP contribution in [-0.2, 0) is 6.42 Å². The lowest BCUT2D eigenvalue weighted by Gasteiger charge is -2.09. The molecule has 0 aromatic heterocycles. The third kappa shape index (κ3) is 2.45. The second-order valence-corrected chi connectivity index (χ2v) is 3.79. The summed E-state index contributed by atoms with van der Waals surface area (Å²) >= 11 is 3.49. The molecule has 0 aliphatic carbocycles. The van der Waals surface area contributed by atoms with Crippen molar-refractivity contribution < 1.29 is 4.74 Å². The number of benzene rings is 1. The average Bonchev–Trinajstić information content (AvgIpc) is 2.13. The number of hydrogen-bond donors (Lipinski definition) is 1. The lowest BCUT2D eigenvalue weighted by Crippen LogP contribution is -2.04. The molecule has 1 aromatic rings. The van der Waals surface area contributed by atoms with E-state index in [1.165, 1.54) is 11.1 Å². The molecule has 13 heavy (non-hydrogen) atoms. The van der Waals surface area contributed by atoms with Gasteiger partial charge in [0.05, 0.1) is 7.11 Å². The van der Waals surface area contributed by atoms with Crippen LogP contribution in [0.3, 0.4) is 0 Å². The van der Waals surface area contributed by atoms with Crippen molar-refractivity contribution in [2.75, 3.05) is 13.7 Å². The van der Waals surface area contributed by atoms with E-state index in [2.05, 4.69) is 22.9 Å². The Morgan fingerprint density at radius 2 is 2.15 bits per heavy atom. The van der Waals surface area contributed by atoms with Crippen LogP contribution < -0.4 is 10.5 Å². The van der Waals surface area contributed by atoms with Crippen molar-refractivity contribution in [1.82, 2.24) is 0 Å². The monoisotopic (exact) mass is 243 g/mol. The molecule has 0 heterocycles. The number of halogens is 1. The molecule has 0 radical (unpaired) electrons. The molecule has 1 aromatic carbocycles. The normalized spacial score (nSPS) is 10.2. The van der Waals surface area contributed by atoms with Crippen molar-refractivity contribution in [3.05, 3.63) is 27.7 Å². The summed E-state index contributed by atoms with van der Waals surface area (Å²) in [5.74, 6) is 0.876. The van der Waals surface area contributed by atoms with Crippen molar-refractivity contribution >= 4 is 15.9 Å². The minimum absolute atomic E-state index is 0.667. The highest BCUT2D eigenvalue weighted by molar-refractivity contribution is 9.10. The van der Waals surface area contributed by atoms with Crippen molar-refractivity contribution in [1.29, 1.82) is 0 Å². The fourth-order valence-electron chi connectivity index (χ4n) is 1.24. The fourth-order valence-corrected chi connectivity index (χ4v) is 1.72. The van der Waals surface area contributed by atoms with Crippen LogP contribution >= 0.6 is 15.9 Å². The van der Waals surface area contributed by atoms with Crippen LogP contribution in [-0.4, -0.2) is 13.7 Å². The molecular formula is C10H14BrNO. The van der Waals surface area contributed by atoms with Crippen LogP contribution in [0.4, 0.5) is 0 Å². The average molecular weight is 244 g/mol. The molecule has 1 rings (SSSR count). The highest BCUT2D eigenvalue weighted by Crippen LogP contribution is 2.26. The van der Waals surface area contributed by atoms with Crippen LogP contribution in [0.5, 0.6) is 5.75 Å². The van der Waals surface area contributed by atoms with Crippen LogP contribution in [0, 0.1) is 6.92 Å². The SMILES string of the molecule is COc1cc(Br)c(C)c(CCN)c1. The summed E-state index contributed by atoms with van der Waals surface area (Å²) < 4.78 is 6.25. The van der Waals surface area contributed by atoms with Crippen molar-refractivity contribution in [2.24, 2.45) is 5.73 Å². The van der Waals surface area contributed by atoms with Gasteiger partial charge in [0, 0.05) is 4.47 Å². The van der Waals surface area contributed by atoms with Crippen LogP contribution in [0.2, 0.25) is 0 Å². The van der Waals surface area contributed by atoms with Gasteiger partial charge in [-0.25, -0.2) is 0 Å². The minimum Gasteiger partial charge on any atom is -0.497 e. The Labute approximate surface area is 87.2 Å². The zero-order valence-corrected chi connectivity index (χ0v) is 9.52. The molecule has 2 N–H and O–H groups in total. The molecule has 3 heteroatoms. The third-order valence-electron chi connectivity index (χ3n) is 2.07. The van der Waals surface area contributed by atoms with Crippen molar-refractivity contribution in [3.8, 4) is 5.75 Å². The van der Waals surface area contributed by atoms with Gasteiger partial charge in [-0.05, 0) is 43.1 Å². The van der Waals surface area contributed by atoms with E-state index in [0.717, 1.165) is 16.6 Å². The predicted molar refractivity (Wildman–Crippen MR) is 58.2 cm³/mol. The van der Waals surface area contributed by atoms with E-state index in [9.17, 15) is 0 Å². The lowest BCUT2D eigenvalue weighted by atomic mass is 10.1. The summed E-state index contributed by atoms with van der Waals surface area (Å²) in [4.78, 5) is 0. The van der Waals surface area contributed by atoms with Gasteiger partial charge < -0.3 is 10.5 Å².